The number of hydrogen-bond donors (Lipinski definition) is 2. The number of amides is 1. The van der Waals surface area contributed by atoms with Crippen molar-refractivity contribution in [2.24, 2.45) is 5.92 Å². The van der Waals surface area contributed by atoms with Gasteiger partial charge in [-0.05, 0) is 68.5 Å². The zero-order valence-electron chi connectivity index (χ0n) is 24.4. The van der Waals surface area contributed by atoms with Crippen molar-refractivity contribution in [2.45, 2.75) is 39.5 Å². The minimum absolute atomic E-state index is 0.261. The first kappa shape index (κ1) is 29.4. The van der Waals surface area contributed by atoms with Crippen molar-refractivity contribution in [3.05, 3.63) is 71.7 Å². The molecule has 10 nitrogen and oxygen atoms in total. The maximum absolute atomic E-state index is 13.1. The molecule has 0 aliphatic heterocycles. The van der Waals surface area contributed by atoms with Crippen LogP contribution in [0.5, 0.6) is 0 Å². The highest BCUT2D eigenvalue weighted by Gasteiger charge is 2.21. The number of benzene rings is 2. The molecule has 0 bridgehead atoms. The van der Waals surface area contributed by atoms with E-state index in [0.717, 1.165) is 29.8 Å². The van der Waals surface area contributed by atoms with Gasteiger partial charge in [0.2, 0.25) is 5.95 Å². The van der Waals surface area contributed by atoms with E-state index in [9.17, 15) is 10.1 Å². The van der Waals surface area contributed by atoms with Crippen LogP contribution in [0.2, 0.25) is 0 Å². The third kappa shape index (κ3) is 7.13. The number of hydrogen-bond acceptors (Lipinski definition) is 9. The molecule has 4 rings (SSSR count). The van der Waals surface area contributed by atoms with Crippen molar-refractivity contribution in [3.63, 3.8) is 0 Å². The fraction of sp³-hybridized carbons (Fsp3) is 0.355. The lowest BCUT2D eigenvalue weighted by Gasteiger charge is -2.21. The Kier molecular flexibility index (Phi) is 9.10. The number of aromatic nitrogens is 4. The third-order valence-electron chi connectivity index (χ3n) is 6.98. The van der Waals surface area contributed by atoms with Crippen LogP contribution in [0.25, 0.3) is 11.0 Å². The normalized spacial score (nSPS) is 12.0. The van der Waals surface area contributed by atoms with Crippen LogP contribution >= 0.6 is 0 Å². The summed E-state index contributed by atoms with van der Waals surface area (Å²) in [5.41, 5.74) is 4.13. The molecule has 0 aliphatic carbocycles. The molecule has 0 fully saturated rings. The molecule has 1 atom stereocenters. The summed E-state index contributed by atoms with van der Waals surface area (Å²) in [5.74, 6) is 1.27. The summed E-state index contributed by atoms with van der Waals surface area (Å²) < 4.78 is 5.20. The number of rotatable bonds is 11. The summed E-state index contributed by atoms with van der Waals surface area (Å²) in [6.45, 7) is 9.29. The van der Waals surface area contributed by atoms with Gasteiger partial charge in [-0.25, -0.2) is 19.9 Å². The highest BCUT2D eigenvalue weighted by atomic mass is 16.5. The van der Waals surface area contributed by atoms with Crippen LogP contribution in [-0.4, -0.2) is 53.2 Å². The van der Waals surface area contributed by atoms with Crippen LogP contribution in [0.15, 0.2) is 55.0 Å². The van der Waals surface area contributed by atoms with Gasteiger partial charge < -0.3 is 20.3 Å². The van der Waals surface area contributed by atoms with Crippen molar-refractivity contribution in [1.82, 2.24) is 19.9 Å². The highest BCUT2D eigenvalue weighted by molar-refractivity contribution is 6.04. The van der Waals surface area contributed by atoms with Crippen LogP contribution in [-0.2, 0) is 10.2 Å². The Balaban J connectivity index is 1.56. The first-order valence-electron chi connectivity index (χ1n) is 13.5. The number of methoxy groups -OCH3 is 1. The second-order valence-corrected chi connectivity index (χ2v) is 10.8. The van der Waals surface area contributed by atoms with Gasteiger partial charge in [0, 0.05) is 44.2 Å². The molecule has 0 saturated carbocycles. The molecule has 0 saturated heterocycles. The fourth-order valence-corrected chi connectivity index (χ4v) is 4.36. The Morgan fingerprint density at radius 3 is 2.73 bits per heavy atom. The van der Waals surface area contributed by atoms with Crippen molar-refractivity contribution in [2.75, 3.05) is 42.8 Å². The van der Waals surface area contributed by atoms with E-state index in [1.54, 1.807) is 31.5 Å². The molecule has 1 amide bonds. The summed E-state index contributed by atoms with van der Waals surface area (Å²) in [4.78, 5) is 33.2. The lowest BCUT2D eigenvalue weighted by atomic mass is 9.85. The summed E-state index contributed by atoms with van der Waals surface area (Å²) in [7, 11) is 3.68. The van der Waals surface area contributed by atoms with E-state index < -0.39 is 5.41 Å². The van der Waals surface area contributed by atoms with Gasteiger partial charge in [-0.2, -0.15) is 5.26 Å². The maximum Gasteiger partial charge on any atom is 0.255 e. The molecule has 10 heteroatoms. The molecule has 2 heterocycles. The minimum Gasteiger partial charge on any atom is -0.385 e. The average Bonchev–Trinajstić information content (AvgIpc) is 2.97. The molecule has 212 valence electrons. The number of aryl methyl sites for hydroxylation is 1. The summed E-state index contributed by atoms with van der Waals surface area (Å²) in [6, 6.07) is 15.0. The number of nitrogens with one attached hydrogen (secondary N) is 2. The predicted molar refractivity (Wildman–Crippen MR) is 162 cm³/mol. The molecule has 2 aromatic carbocycles. The van der Waals surface area contributed by atoms with Crippen molar-refractivity contribution >= 4 is 40.1 Å². The Morgan fingerprint density at radius 1 is 1.17 bits per heavy atom. The Bertz CT molecular complexity index is 1580. The first-order chi connectivity index (χ1) is 19.6. The molecule has 0 radical (unpaired) electrons. The Morgan fingerprint density at radius 2 is 1.98 bits per heavy atom. The second kappa shape index (κ2) is 12.7. The van der Waals surface area contributed by atoms with E-state index in [-0.39, 0.29) is 5.91 Å². The quantitative estimate of drug-likeness (QED) is 0.243. The van der Waals surface area contributed by atoms with Gasteiger partial charge in [0.15, 0.2) is 5.82 Å². The zero-order valence-corrected chi connectivity index (χ0v) is 24.4. The van der Waals surface area contributed by atoms with E-state index in [1.165, 1.54) is 6.33 Å². The molecule has 4 aromatic rings. The van der Waals surface area contributed by atoms with E-state index in [0.29, 0.717) is 46.6 Å². The number of nitrogens with zero attached hydrogens (tertiary/aromatic N) is 6. The number of carbonyl (C=O) groups is 1. The molecule has 2 aromatic heterocycles. The SMILES string of the molecule is COCCC(C)CN(C)c1ncc2ncnc(Nc3cc(NC(=O)c4cccc(C(C)(C)C#N)c4)ccc3C)c2n1. The van der Waals surface area contributed by atoms with Crippen LogP contribution in [0, 0.1) is 24.2 Å². The smallest absolute Gasteiger partial charge is 0.255 e. The van der Waals surface area contributed by atoms with Gasteiger partial charge >= 0.3 is 0 Å². The minimum atomic E-state index is -0.696. The highest BCUT2D eigenvalue weighted by Crippen LogP contribution is 2.28. The van der Waals surface area contributed by atoms with Crippen molar-refractivity contribution < 1.29 is 9.53 Å². The van der Waals surface area contributed by atoms with Crippen LogP contribution in [0.3, 0.4) is 0 Å². The maximum atomic E-state index is 13.1. The lowest BCUT2D eigenvalue weighted by molar-refractivity contribution is 0.102. The van der Waals surface area contributed by atoms with E-state index >= 15 is 0 Å². The van der Waals surface area contributed by atoms with Gasteiger partial charge in [0.05, 0.1) is 17.7 Å². The molecule has 0 aliphatic rings. The topological polar surface area (TPSA) is 129 Å². The number of carbonyl (C=O) groups excluding carboxylic acids is 1. The molecular weight excluding hydrogens is 516 g/mol. The standard InChI is InChI=1S/C31H36N8O2/c1-20(12-13-41-6)17-39(5)30-33-16-26-27(38-30)28(35-19-34-26)37-25-15-24(11-10-21(25)2)36-29(40)22-8-7-9-23(14-22)31(3,4)18-32/h7-11,14-16,19-20H,12-13,17H2,1-6H3,(H,36,40)(H,34,35,37). The number of ether oxygens (including phenoxy) is 1. The van der Waals surface area contributed by atoms with Gasteiger partial charge in [-0.1, -0.05) is 25.1 Å². The van der Waals surface area contributed by atoms with Crippen LogP contribution in [0.1, 0.15) is 48.7 Å². The molecular formula is C31H36N8O2. The third-order valence-corrected chi connectivity index (χ3v) is 6.98. The Hall–Kier alpha value is -4.62. The number of fused-ring (bicyclic) bond motifs is 1. The second-order valence-electron chi connectivity index (χ2n) is 10.8. The number of nitriles is 1. The van der Waals surface area contributed by atoms with Gasteiger partial charge in [-0.15, -0.1) is 0 Å². The summed E-state index contributed by atoms with van der Waals surface area (Å²) >= 11 is 0. The predicted octanol–water partition coefficient (Wildman–Crippen LogP) is 5.63. The average molecular weight is 553 g/mol. The fourth-order valence-electron chi connectivity index (χ4n) is 4.36. The lowest BCUT2D eigenvalue weighted by Crippen LogP contribution is -2.26. The zero-order chi connectivity index (χ0) is 29.6. The molecule has 1 unspecified atom stereocenters. The monoisotopic (exact) mass is 552 g/mol. The van der Waals surface area contributed by atoms with Crippen LogP contribution < -0.4 is 15.5 Å². The number of anilines is 4. The van der Waals surface area contributed by atoms with Crippen molar-refractivity contribution in [3.8, 4) is 6.07 Å². The summed E-state index contributed by atoms with van der Waals surface area (Å²) in [6.07, 6.45) is 4.12. The molecule has 0 spiro atoms. The molecule has 41 heavy (non-hydrogen) atoms. The Labute approximate surface area is 240 Å². The van der Waals surface area contributed by atoms with E-state index in [4.69, 9.17) is 9.72 Å². The van der Waals surface area contributed by atoms with Crippen molar-refractivity contribution in [1.29, 1.82) is 5.26 Å². The van der Waals surface area contributed by atoms with Gasteiger partial charge in [0.1, 0.15) is 17.4 Å². The molecule has 2 N–H and O–H groups in total. The first-order valence-corrected chi connectivity index (χ1v) is 13.5. The summed E-state index contributed by atoms with van der Waals surface area (Å²) in [5, 5.41) is 15.8. The van der Waals surface area contributed by atoms with E-state index in [1.807, 2.05) is 57.0 Å². The van der Waals surface area contributed by atoms with Crippen LogP contribution in [0.4, 0.5) is 23.1 Å². The largest absolute Gasteiger partial charge is 0.385 e. The van der Waals surface area contributed by atoms with Gasteiger partial charge in [0.25, 0.3) is 5.91 Å². The van der Waals surface area contributed by atoms with Gasteiger partial charge in [-0.3, -0.25) is 4.79 Å². The van der Waals surface area contributed by atoms with E-state index in [2.05, 4.69) is 38.6 Å².